The second kappa shape index (κ2) is 6.39. The normalized spacial score (nSPS) is 21.2. The number of nitrogens with one attached hydrogen (secondary N) is 2. The molecular weight excluding hydrogens is 265 g/mol. The van der Waals surface area contributed by atoms with Gasteiger partial charge in [-0.2, -0.15) is 5.10 Å². The molecule has 2 aromatic rings. The van der Waals surface area contributed by atoms with Crippen LogP contribution in [0.1, 0.15) is 42.0 Å². The zero-order valence-electron chi connectivity index (χ0n) is 12.4. The van der Waals surface area contributed by atoms with Crippen LogP contribution in [-0.2, 0) is 6.42 Å². The minimum atomic E-state index is -0.126. The van der Waals surface area contributed by atoms with Crippen molar-refractivity contribution in [1.82, 2.24) is 15.5 Å². The fraction of sp³-hybridized carbons (Fsp3) is 0.471. The number of aromatic nitrogens is 2. The minimum absolute atomic E-state index is 0.126. The van der Waals surface area contributed by atoms with Crippen LogP contribution >= 0.6 is 0 Å². The van der Waals surface area contributed by atoms with Crippen LogP contribution in [0.15, 0.2) is 30.5 Å². The van der Waals surface area contributed by atoms with E-state index in [1.165, 1.54) is 17.3 Å². The first-order chi connectivity index (χ1) is 10.2. The Balaban J connectivity index is 1.35. The predicted molar refractivity (Wildman–Crippen MR) is 81.8 cm³/mol. The van der Waals surface area contributed by atoms with Gasteiger partial charge in [0, 0.05) is 11.7 Å². The Labute approximate surface area is 125 Å². The molecule has 1 aliphatic rings. The van der Waals surface area contributed by atoms with Gasteiger partial charge in [-0.3, -0.25) is 5.10 Å². The van der Waals surface area contributed by atoms with Gasteiger partial charge in [0.05, 0.1) is 6.20 Å². The second-order valence-electron chi connectivity index (χ2n) is 6.00. The topological polar surface area (TPSA) is 40.7 Å². The fourth-order valence-corrected chi connectivity index (χ4v) is 3.03. The van der Waals surface area contributed by atoms with Gasteiger partial charge in [-0.1, -0.05) is 12.1 Å². The summed E-state index contributed by atoms with van der Waals surface area (Å²) in [6, 6.07) is 7.60. The summed E-state index contributed by atoms with van der Waals surface area (Å²) in [7, 11) is 0. The van der Waals surface area contributed by atoms with Crippen molar-refractivity contribution >= 4 is 0 Å². The number of hydrogen-bond acceptors (Lipinski definition) is 2. The first kappa shape index (κ1) is 14.3. The van der Waals surface area contributed by atoms with E-state index in [2.05, 4.69) is 22.4 Å². The molecule has 0 amide bonds. The highest BCUT2D eigenvalue weighted by Gasteiger charge is 2.29. The summed E-state index contributed by atoms with van der Waals surface area (Å²) in [5.41, 5.74) is 3.62. The Morgan fingerprint density at radius 1 is 1.38 bits per heavy atom. The van der Waals surface area contributed by atoms with Crippen LogP contribution in [0.2, 0.25) is 0 Å². The van der Waals surface area contributed by atoms with E-state index < -0.39 is 0 Å². The van der Waals surface area contributed by atoms with Gasteiger partial charge < -0.3 is 5.32 Å². The molecule has 0 radical (unpaired) electrons. The summed E-state index contributed by atoms with van der Waals surface area (Å²) in [6.07, 6.45) is 6.35. The number of halogens is 1. The molecule has 1 aromatic heterocycles. The number of hydrogen-bond donors (Lipinski definition) is 2. The third kappa shape index (κ3) is 3.50. The van der Waals surface area contributed by atoms with Crippen molar-refractivity contribution in [2.45, 2.75) is 44.6 Å². The highest BCUT2D eigenvalue weighted by molar-refractivity contribution is 5.23. The lowest BCUT2D eigenvalue weighted by atomic mass is 9.76. The van der Waals surface area contributed by atoms with Crippen molar-refractivity contribution in [3.8, 4) is 0 Å². The van der Waals surface area contributed by atoms with Crippen LogP contribution < -0.4 is 5.32 Å². The molecule has 112 valence electrons. The summed E-state index contributed by atoms with van der Waals surface area (Å²) < 4.78 is 13.2. The average Bonchev–Trinajstić information content (AvgIpc) is 2.82. The summed E-state index contributed by atoms with van der Waals surface area (Å²) in [5.74, 6) is 0.397. The molecule has 0 bridgehead atoms. The van der Waals surface area contributed by atoms with E-state index >= 15 is 0 Å². The Morgan fingerprint density at radius 3 is 2.95 bits per heavy atom. The standard InChI is InChI=1S/C17H22FN3/c1-12-14(11-20-21-12)5-3-7-19-17-9-15(10-17)13-4-2-6-16(18)8-13/h2,4,6,8,11,15,17,19H,3,5,7,9-10H2,1H3,(H,20,21). The van der Waals surface area contributed by atoms with E-state index in [1.54, 1.807) is 12.1 Å². The number of benzene rings is 1. The predicted octanol–water partition coefficient (Wildman–Crippen LogP) is 3.33. The van der Waals surface area contributed by atoms with E-state index in [0.717, 1.165) is 37.8 Å². The fourth-order valence-electron chi connectivity index (χ4n) is 3.03. The number of rotatable bonds is 6. The van der Waals surface area contributed by atoms with Crippen LogP contribution in [0.25, 0.3) is 0 Å². The van der Waals surface area contributed by atoms with Gasteiger partial charge >= 0.3 is 0 Å². The summed E-state index contributed by atoms with van der Waals surface area (Å²) >= 11 is 0. The summed E-state index contributed by atoms with van der Waals surface area (Å²) in [6.45, 7) is 3.09. The number of aromatic amines is 1. The first-order valence-electron chi connectivity index (χ1n) is 7.70. The van der Waals surface area contributed by atoms with Gasteiger partial charge in [0.15, 0.2) is 0 Å². The lowest BCUT2D eigenvalue weighted by Gasteiger charge is -2.36. The SMILES string of the molecule is Cc1[nH]ncc1CCCNC1CC(c2cccc(F)c2)C1. The molecule has 21 heavy (non-hydrogen) atoms. The van der Waals surface area contributed by atoms with Crippen molar-refractivity contribution in [3.05, 3.63) is 53.1 Å². The largest absolute Gasteiger partial charge is 0.314 e. The molecule has 1 aromatic carbocycles. The van der Waals surface area contributed by atoms with E-state index in [-0.39, 0.29) is 5.82 Å². The third-order valence-electron chi connectivity index (χ3n) is 4.45. The maximum absolute atomic E-state index is 13.2. The lowest BCUT2D eigenvalue weighted by Crippen LogP contribution is -2.40. The molecule has 0 aliphatic heterocycles. The van der Waals surface area contributed by atoms with Gasteiger partial charge in [-0.05, 0) is 68.3 Å². The number of aryl methyl sites for hydroxylation is 2. The van der Waals surface area contributed by atoms with Crippen LogP contribution in [-0.4, -0.2) is 22.8 Å². The maximum atomic E-state index is 13.2. The molecule has 0 spiro atoms. The average molecular weight is 287 g/mol. The van der Waals surface area contributed by atoms with Crippen LogP contribution in [0, 0.1) is 12.7 Å². The molecule has 3 nitrogen and oxygen atoms in total. The maximum Gasteiger partial charge on any atom is 0.123 e. The Bertz CT molecular complexity index is 587. The molecule has 0 unspecified atom stereocenters. The van der Waals surface area contributed by atoms with Crippen LogP contribution in [0.3, 0.4) is 0 Å². The highest BCUT2D eigenvalue weighted by atomic mass is 19.1. The van der Waals surface area contributed by atoms with E-state index in [9.17, 15) is 4.39 Å². The quantitative estimate of drug-likeness (QED) is 0.800. The van der Waals surface area contributed by atoms with Crippen molar-refractivity contribution in [1.29, 1.82) is 0 Å². The van der Waals surface area contributed by atoms with Crippen LogP contribution in [0.4, 0.5) is 4.39 Å². The van der Waals surface area contributed by atoms with Crippen molar-refractivity contribution in [3.63, 3.8) is 0 Å². The van der Waals surface area contributed by atoms with Crippen molar-refractivity contribution in [2.24, 2.45) is 0 Å². The van der Waals surface area contributed by atoms with Crippen LogP contribution in [0.5, 0.6) is 0 Å². The molecule has 1 heterocycles. The lowest BCUT2D eigenvalue weighted by molar-refractivity contribution is 0.290. The molecular formula is C17H22FN3. The van der Waals surface area contributed by atoms with Crippen molar-refractivity contribution < 1.29 is 4.39 Å². The van der Waals surface area contributed by atoms with E-state index in [1.807, 2.05) is 12.3 Å². The molecule has 3 rings (SSSR count). The molecule has 1 aliphatic carbocycles. The Morgan fingerprint density at radius 2 is 2.24 bits per heavy atom. The van der Waals surface area contributed by atoms with Gasteiger partial charge in [-0.15, -0.1) is 0 Å². The molecule has 0 atom stereocenters. The van der Waals surface area contributed by atoms with Gasteiger partial charge in [0.2, 0.25) is 0 Å². The van der Waals surface area contributed by atoms with Crippen molar-refractivity contribution in [2.75, 3.05) is 6.54 Å². The third-order valence-corrected chi connectivity index (χ3v) is 4.45. The molecule has 0 saturated heterocycles. The molecule has 4 heteroatoms. The molecule has 1 fully saturated rings. The Kier molecular flexibility index (Phi) is 4.34. The van der Waals surface area contributed by atoms with Gasteiger partial charge in [0.25, 0.3) is 0 Å². The summed E-state index contributed by atoms with van der Waals surface area (Å²) in [4.78, 5) is 0. The Hall–Kier alpha value is -1.68. The van der Waals surface area contributed by atoms with Gasteiger partial charge in [0.1, 0.15) is 5.82 Å². The monoisotopic (exact) mass is 287 g/mol. The minimum Gasteiger partial charge on any atom is -0.314 e. The zero-order chi connectivity index (χ0) is 14.7. The van der Waals surface area contributed by atoms with Gasteiger partial charge in [-0.25, -0.2) is 4.39 Å². The number of H-pyrrole nitrogens is 1. The van der Waals surface area contributed by atoms with E-state index in [4.69, 9.17) is 0 Å². The number of nitrogens with zero attached hydrogens (tertiary/aromatic N) is 1. The smallest absolute Gasteiger partial charge is 0.123 e. The highest BCUT2D eigenvalue weighted by Crippen LogP contribution is 2.36. The van der Waals surface area contributed by atoms with E-state index in [0.29, 0.717) is 12.0 Å². The summed E-state index contributed by atoms with van der Waals surface area (Å²) in [5, 5.41) is 10.6. The second-order valence-corrected chi connectivity index (χ2v) is 6.00. The first-order valence-corrected chi connectivity index (χ1v) is 7.70. The molecule has 1 saturated carbocycles. The zero-order valence-corrected chi connectivity index (χ0v) is 12.4. The molecule has 2 N–H and O–H groups in total.